The number of nitriles is 1. The Balaban J connectivity index is 1.77. The first-order chi connectivity index (χ1) is 13.7. The zero-order valence-electron chi connectivity index (χ0n) is 14.5. The molecule has 4 aromatic rings. The third-order valence-electron chi connectivity index (χ3n) is 4.19. The van der Waals surface area contributed by atoms with E-state index >= 15 is 0 Å². The number of hydrogen-bond acceptors (Lipinski definition) is 5. The van der Waals surface area contributed by atoms with Crippen molar-refractivity contribution in [2.45, 2.75) is 6.54 Å². The van der Waals surface area contributed by atoms with E-state index in [-0.39, 0.29) is 5.91 Å². The van der Waals surface area contributed by atoms with Gasteiger partial charge in [0.05, 0.1) is 27.9 Å². The van der Waals surface area contributed by atoms with Crippen LogP contribution in [0.25, 0.3) is 10.2 Å². The van der Waals surface area contributed by atoms with E-state index in [4.69, 9.17) is 16.9 Å². The van der Waals surface area contributed by atoms with Crippen LogP contribution in [-0.2, 0) is 6.54 Å². The molecular weight excluding hydrogens is 392 g/mol. The maximum atomic E-state index is 13.3. The number of halogens is 1. The van der Waals surface area contributed by atoms with Gasteiger partial charge in [-0.15, -0.1) is 0 Å². The van der Waals surface area contributed by atoms with E-state index in [0.717, 1.165) is 10.3 Å². The van der Waals surface area contributed by atoms with Crippen molar-refractivity contribution in [1.29, 1.82) is 5.26 Å². The molecule has 5 nitrogen and oxygen atoms in total. The van der Waals surface area contributed by atoms with Gasteiger partial charge in [-0.25, -0.2) is 4.98 Å². The van der Waals surface area contributed by atoms with Crippen LogP contribution in [0.15, 0.2) is 67.0 Å². The summed E-state index contributed by atoms with van der Waals surface area (Å²) in [6, 6.07) is 17.9. The summed E-state index contributed by atoms with van der Waals surface area (Å²) >= 11 is 7.68. The average Bonchev–Trinajstić information content (AvgIpc) is 3.18. The number of carbonyl (C=O) groups excluding carboxylic acids is 1. The quantitative estimate of drug-likeness (QED) is 0.476. The highest BCUT2D eigenvalue weighted by Gasteiger charge is 2.22. The molecule has 7 heteroatoms. The van der Waals surface area contributed by atoms with Crippen LogP contribution in [0.5, 0.6) is 0 Å². The summed E-state index contributed by atoms with van der Waals surface area (Å²) < 4.78 is 0.912. The van der Waals surface area contributed by atoms with Gasteiger partial charge >= 0.3 is 0 Å². The van der Waals surface area contributed by atoms with Crippen molar-refractivity contribution in [1.82, 2.24) is 9.97 Å². The predicted molar refractivity (Wildman–Crippen MR) is 111 cm³/mol. The number of nitrogens with zero attached hydrogens (tertiary/aromatic N) is 4. The summed E-state index contributed by atoms with van der Waals surface area (Å²) in [5, 5.41) is 10.1. The zero-order valence-corrected chi connectivity index (χ0v) is 16.1. The number of hydrogen-bond donors (Lipinski definition) is 0. The second-order valence-electron chi connectivity index (χ2n) is 6.02. The van der Waals surface area contributed by atoms with Crippen molar-refractivity contribution >= 4 is 44.2 Å². The van der Waals surface area contributed by atoms with Gasteiger partial charge in [0.2, 0.25) is 0 Å². The molecule has 0 aliphatic heterocycles. The van der Waals surface area contributed by atoms with Crippen molar-refractivity contribution in [3.8, 4) is 6.07 Å². The van der Waals surface area contributed by atoms with Crippen LogP contribution in [0.1, 0.15) is 21.5 Å². The number of aromatic nitrogens is 2. The zero-order chi connectivity index (χ0) is 19.5. The average molecular weight is 405 g/mol. The van der Waals surface area contributed by atoms with E-state index in [0.29, 0.717) is 33.3 Å². The summed E-state index contributed by atoms with van der Waals surface area (Å²) in [4.78, 5) is 23.5. The minimum Gasteiger partial charge on any atom is -0.279 e. The molecule has 0 atom stereocenters. The molecule has 2 heterocycles. The molecule has 0 aliphatic carbocycles. The number of para-hydroxylation sites is 1. The Morgan fingerprint density at radius 1 is 1.11 bits per heavy atom. The topological polar surface area (TPSA) is 69.9 Å². The lowest BCUT2D eigenvalue weighted by Gasteiger charge is -2.20. The third kappa shape index (κ3) is 3.58. The van der Waals surface area contributed by atoms with Crippen molar-refractivity contribution in [2.24, 2.45) is 0 Å². The first-order valence-electron chi connectivity index (χ1n) is 8.41. The second-order valence-corrected chi connectivity index (χ2v) is 7.44. The minimum absolute atomic E-state index is 0.198. The number of rotatable bonds is 4. The molecule has 136 valence electrons. The van der Waals surface area contributed by atoms with Gasteiger partial charge in [0.15, 0.2) is 5.13 Å². The van der Waals surface area contributed by atoms with E-state index in [1.807, 2.05) is 24.3 Å². The molecule has 0 fully saturated rings. The fourth-order valence-electron chi connectivity index (χ4n) is 2.76. The summed E-state index contributed by atoms with van der Waals surface area (Å²) in [5.74, 6) is -0.198. The number of pyridine rings is 1. The number of carbonyl (C=O) groups is 1. The molecule has 0 bridgehead atoms. The summed E-state index contributed by atoms with van der Waals surface area (Å²) in [6.45, 7) is 0.346. The van der Waals surface area contributed by atoms with Gasteiger partial charge in [-0.05, 0) is 54.1 Å². The lowest BCUT2D eigenvalue weighted by Crippen LogP contribution is -2.30. The Kier molecular flexibility index (Phi) is 5.02. The Hall–Kier alpha value is -3.27. The number of benzene rings is 2. The van der Waals surface area contributed by atoms with Crippen LogP contribution in [0.4, 0.5) is 5.13 Å². The van der Waals surface area contributed by atoms with E-state index in [1.54, 1.807) is 47.6 Å². The Bertz CT molecular complexity index is 1180. The van der Waals surface area contributed by atoms with Gasteiger partial charge < -0.3 is 0 Å². The van der Waals surface area contributed by atoms with Gasteiger partial charge in [0.1, 0.15) is 5.52 Å². The van der Waals surface area contributed by atoms with Crippen LogP contribution in [-0.4, -0.2) is 15.9 Å². The smallest absolute Gasteiger partial charge is 0.260 e. The number of thiazole rings is 1. The van der Waals surface area contributed by atoms with Crippen molar-refractivity contribution in [2.75, 3.05) is 4.90 Å². The molecule has 0 spiro atoms. The molecule has 0 radical (unpaired) electrons. The molecule has 28 heavy (non-hydrogen) atoms. The van der Waals surface area contributed by atoms with E-state index in [9.17, 15) is 4.79 Å². The largest absolute Gasteiger partial charge is 0.279 e. The molecule has 1 amide bonds. The second kappa shape index (κ2) is 7.77. The normalized spacial score (nSPS) is 10.6. The van der Waals surface area contributed by atoms with Crippen LogP contribution in [0.3, 0.4) is 0 Å². The Morgan fingerprint density at radius 2 is 1.86 bits per heavy atom. The first-order valence-corrected chi connectivity index (χ1v) is 9.61. The number of fused-ring (bicyclic) bond motifs is 1. The molecule has 2 aromatic carbocycles. The van der Waals surface area contributed by atoms with Gasteiger partial charge in [-0.2, -0.15) is 5.26 Å². The fraction of sp³-hybridized carbons (Fsp3) is 0.0476. The molecule has 4 rings (SSSR count). The van der Waals surface area contributed by atoms with Crippen LogP contribution < -0.4 is 4.90 Å². The minimum atomic E-state index is -0.198. The van der Waals surface area contributed by atoms with E-state index in [2.05, 4.69) is 16.0 Å². The molecule has 0 saturated carbocycles. The molecule has 0 saturated heterocycles. The van der Waals surface area contributed by atoms with E-state index in [1.165, 1.54) is 11.3 Å². The maximum absolute atomic E-state index is 13.3. The summed E-state index contributed by atoms with van der Waals surface area (Å²) in [6.07, 6.45) is 3.38. The van der Waals surface area contributed by atoms with Gasteiger partial charge in [0, 0.05) is 18.0 Å². The van der Waals surface area contributed by atoms with Crippen LogP contribution in [0, 0.1) is 11.3 Å². The monoisotopic (exact) mass is 404 g/mol. The fourth-order valence-corrected chi connectivity index (χ4v) is 4.02. The predicted octanol–water partition coefficient (Wildman–Crippen LogP) is 5.06. The maximum Gasteiger partial charge on any atom is 0.260 e. The summed E-state index contributed by atoms with van der Waals surface area (Å²) in [7, 11) is 0. The Morgan fingerprint density at radius 3 is 2.54 bits per heavy atom. The molecule has 0 N–H and O–H groups in total. The third-order valence-corrected chi connectivity index (χ3v) is 5.53. The van der Waals surface area contributed by atoms with Crippen molar-refractivity contribution in [3.63, 3.8) is 0 Å². The van der Waals surface area contributed by atoms with Crippen molar-refractivity contribution in [3.05, 3.63) is 88.7 Å². The van der Waals surface area contributed by atoms with Gasteiger partial charge in [-0.3, -0.25) is 14.7 Å². The highest BCUT2D eigenvalue weighted by atomic mass is 35.5. The first kappa shape index (κ1) is 18.1. The van der Waals surface area contributed by atoms with Gasteiger partial charge in [0.25, 0.3) is 5.91 Å². The van der Waals surface area contributed by atoms with Crippen LogP contribution in [0.2, 0.25) is 5.02 Å². The lowest BCUT2D eigenvalue weighted by molar-refractivity contribution is 0.0985. The number of amides is 1. The SMILES string of the molecule is N#Cc1ccc(C(=O)N(Cc2ccncc2)c2nc3c(Cl)cccc3s2)cc1. The summed E-state index contributed by atoms with van der Waals surface area (Å²) in [5.41, 5.74) is 2.60. The Labute approximate surface area is 170 Å². The molecule has 0 unspecified atom stereocenters. The number of anilines is 1. The van der Waals surface area contributed by atoms with Gasteiger partial charge in [-0.1, -0.05) is 29.0 Å². The molecule has 2 aromatic heterocycles. The van der Waals surface area contributed by atoms with Crippen molar-refractivity contribution < 1.29 is 4.79 Å². The van der Waals surface area contributed by atoms with E-state index < -0.39 is 0 Å². The highest BCUT2D eigenvalue weighted by Crippen LogP contribution is 2.34. The molecule has 0 aliphatic rings. The highest BCUT2D eigenvalue weighted by molar-refractivity contribution is 7.22. The van der Waals surface area contributed by atoms with Crippen LogP contribution >= 0.6 is 22.9 Å². The lowest BCUT2D eigenvalue weighted by atomic mass is 10.1. The standard InChI is InChI=1S/C21H13ClN4OS/c22-17-2-1-3-18-19(17)25-21(28-18)26(13-15-8-10-24-11-9-15)20(27)16-6-4-14(12-23)5-7-16/h1-11H,13H2. The molecular formula is C21H13ClN4OS.